The van der Waals surface area contributed by atoms with Crippen LogP contribution in [0.5, 0.6) is 0 Å². The summed E-state index contributed by atoms with van der Waals surface area (Å²) in [6.07, 6.45) is 1.95. The first kappa shape index (κ1) is 15.3. The lowest BCUT2D eigenvalue weighted by Gasteiger charge is -2.05. The molecule has 1 atom stereocenters. The van der Waals surface area contributed by atoms with E-state index in [2.05, 4.69) is 35.1 Å². The molecule has 0 saturated carbocycles. The Balaban J connectivity index is 2.00. The van der Waals surface area contributed by atoms with Gasteiger partial charge < -0.3 is 10.7 Å². The third-order valence-electron chi connectivity index (χ3n) is 4.13. The summed E-state index contributed by atoms with van der Waals surface area (Å²) in [4.78, 5) is 7.93. The molecule has 0 fully saturated rings. The molecule has 3 aromatic rings. The number of H-pyrrole nitrogens is 1. The highest BCUT2D eigenvalue weighted by atomic mass is 15.0. The lowest BCUT2D eigenvalue weighted by atomic mass is 10.00. The van der Waals surface area contributed by atoms with Crippen molar-refractivity contribution in [1.82, 2.24) is 9.97 Å². The van der Waals surface area contributed by atoms with Gasteiger partial charge >= 0.3 is 0 Å². The van der Waals surface area contributed by atoms with Crippen molar-refractivity contribution in [2.75, 3.05) is 0 Å². The molecule has 3 N–H and O–H groups in total. The van der Waals surface area contributed by atoms with Gasteiger partial charge in [-0.1, -0.05) is 31.5 Å². The number of fused-ring (bicyclic) bond motifs is 1. The van der Waals surface area contributed by atoms with E-state index in [9.17, 15) is 0 Å². The van der Waals surface area contributed by atoms with Crippen LogP contribution in [0, 0.1) is 18.3 Å². The van der Waals surface area contributed by atoms with Crippen LogP contribution in [0.2, 0.25) is 0 Å². The van der Waals surface area contributed by atoms with E-state index in [4.69, 9.17) is 11.0 Å². The third kappa shape index (κ3) is 2.96. The number of imidazole rings is 1. The quantitative estimate of drug-likeness (QED) is 0.757. The van der Waals surface area contributed by atoms with E-state index in [0.29, 0.717) is 5.56 Å². The summed E-state index contributed by atoms with van der Waals surface area (Å²) < 4.78 is 0. The molecule has 1 aromatic heterocycles. The van der Waals surface area contributed by atoms with Crippen molar-refractivity contribution < 1.29 is 0 Å². The van der Waals surface area contributed by atoms with Crippen LogP contribution in [0.15, 0.2) is 36.4 Å². The van der Waals surface area contributed by atoms with Crippen LogP contribution in [0.25, 0.3) is 22.2 Å². The van der Waals surface area contributed by atoms with E-state index in [-0.39, 0.29) is 6.04 Å². The second-order valence-electron chi connectivity index (χ2n) is 5.89. The van der Waals surface area contributed by atoms with Gasteiger partial charge in [0.1, 0.15) is 5.82 Å². The average Bonchev–Trinajstić information content (AvgIpc) is 2.98. The molecule has 23 heavy (non-hydrogen) atoms. The first-order valence-corrected chi connectivity index (χ1v) is 7.88. The van der Waals surface area contributed by atoms with Crippen molar-refractivity contribution in [2.24, 2.45) is 5.73 Å². The Hall–Kier alpha value is -2.64. The Kier molecular flexibility index (Phi) is 4.14. The predicted octanol–water partition coefficient (Wildman–Crippen LogP) is 4.21. The van der Waals surface area contributed by atoms with Crippen molar-refractivity contribution >= 4 is 11.0 Å². The predicted molar refractivity (Wildman–Crippen MR) is 92.8 cm³/mol. The van der Waals surface area contributed by atoms with Gasteiger partial charge in [0.15, 0.2) is 0 Å². The number of rotatable bonds is 4. The number of aryl methyl sites for hydroxylation is 1. The number of nitrogens with two attached hydrogens (primary N) is 1. The summed E-state index contributed by atoms with van der Waals surface area (Å²) in [5.41, 5.74) is 12.0. The molecule has 0 spiro atoms. The molecule has 1 unspecified atom stereocenters. The molecular formula is C19H20N4. The van der Waals surface area contributed by atoms with Crippen LogP contribution in [-0.4, -0.2) is 9.97 Å². The highest BCUT2D eigenvalue weighted by Crippen LogP contribution is 2.26. The van der Waals surface area contributed by atoms with Gasteiger partial charge in [0, 0.05) is 0 Å². The number of aromatic nitrogens is 2. The minimum atomic E-state index is -0.0481. The normalized spacial score (nSPS) is 12.3. The molecule has 4 heteroatoms. The molecular weight excluding hydrogens is 284 g/mol. The van der Waals surface area contributed by atoms with Crippen LogP contribution < -0.4 is 5.73 Å². The molecule has 0 saturated heterocycles. The average molecular weight is 304 g/mol. The summed E-state index contributed by atoms with van der Waals surface area (Å²) in [5.74, 6) is 0.843. The van der Waals surface area contributed by atoms with Crippen LogP contribution in [0.3, 0.4) is 0 Å². The molecule has 116 valence electrons. The van der Waals surface area contributed by atoms with Crippen LogP contribution >= 0.6 is 0 Å². The van der Waals surface area contributed by atoms with Crippen LogP contribution in [0.4, 0.5) is 0 Å². The van der Waals surface area contributed by atoms with E-state index in [1.807, 2.05) is 31.2 Å². The van der Waals surface area contributed by atoms with Gasteiger partial charge in [0.25, 0.3) is 0 Å². The maximum absolute atomic E-state index is 9.04. The summed E-state index contributed by atoms with van der Waals surface area (Å²) >= 11 is 0. The highest BCUT2D eigenvalue weighted by molar-refractivity contribution is 5.82. The van der Waals surface area contributed by atoms with Gasteiger partial charge in [-0.2, -0.15) is 5.26 Å². The molecule has 2 aromatic carbocycles. The molecule has 0 aliphatic heterocycles. The number of benzene rings is 2. The fraction of sp³-hybridized carbons (Fsp3) is 0.263. The Morgan fingerprint density at radius 3 is 2.65 bits per heavy atom. The fourth-order valence-electron chi connectivity index (χ4n) is 2.80. The first-order chi connectivity index (χ1) is 11.1. The molecule has 0 amide bonds. The van der Waals surface area contributed by atoms with E-state index in [1.54, 1.807) is 0 Å². The number of aromatic amines is 1. The smallest absolute Gasteiger partial charge is 0.124 e. The molecule has 1 heterocycles. The number of hydrogen-bond donors (Lipinski definition) is 2. The zero-order chi connectivity index (χ0) is 16.4. The second kappa shape index (κ2) is 6.23. The lowest BCUT2D eigenvalue weighted by Crippen LogP contribution is -2.11. The van der Waals surface area contributed by atoms with Crippen molar-refractivity contribution in [1.29, 1.82) is 5.26 Å². The van der Waals surface area contributed by atoms with Gasteiger partial charge in [0.2, 0.25) is 0 Å². The van der Waals surface area contributed by atoms with Gasteiger partial charge in [-0.15, -0.1) is 0 Å². The Morgan fingerprint density at radius 1 is 1.22 bits per heavy atom. The lowest BCUT2D eigenvalue weighted by molar-refractivity contribution is 0.610. The van der Waals surface area contributed by atoms with Crippen molar-refractivity contribution in [3.63, 3.8) is 0 Å². The summed E-state index contributed by atoms with van der Waals surface area (Å²) in [6, 6.07) is 14.2. The summed E-state index contributed by atoms with van der Waals surface area (Å²) in [5, 5.41) is 9.04. The van der Waals surface area contributed by atoms with Crippen LogP contribution in [0.1, 0.15) is 42.8 Å². The van der Waals surface area contributed by atoms with E-state index in [1.165, 1.54) is 0 Å². The minimum absolute atomic E-state index is 0.0481. The van der Waals surface area contributed by atoms with E-state index in [0.717, 1.165) is 46.4 Å². The van der Waals surface area contributed by atoms with Gasteiger partial charge in [-0.3, -0.25) is 0 Å². The van der Waals surface area contributed by atoms with Gasteiger partial charge in [0.05, 0.1) is 28.7 Å². The summed E-state index contributed by atoms with van der Waals surface area (Å²) in [7, 11) is 0. The Labute approximate surface area is 136 Å². The largest absolute Gasteiger partial charge is 0.341 e. The summed E-state index contributed by atoms with van der Waals surface area (Å²) in [6.45, 7) is 4.08. The minimum Gasteiger partial charge on any atom is -0.341 e. The van der Waals surface area contributed by atoms with Gasteiger partial charge in [-0.05, 0) is 48.2 Å². The Bertz CT molecular complexity index is 886. The molecule has 0 bridgehead atoms. The number of nitriles is 1. The number of hydrogen-bond acceptors (Lipinski definition) is 3. The maximum atomic E-state index is 9.04. The zero-order valence-corrected chi connectivity index (χ0v) is 13.4. The molecule has 0 aliphatic carbocycles. The molecule has 0 aliphatic rings. The van der Waals surface area contributed by atoms with Crippen molar-refractivity contribution in [3.8, 4) is 17.2 Å². The number of nitrogens with zero attached hydrogens (tertiary/aromatic N) is 2. The Morgan fingerprint density at radius 2 is 1.96 bits per heavy atom. The van der Waals surface area contributed by atoms with E-state index < -0.39 is 0 Å². The topological polar surface area (TPSA) is 78.5 Å². The van der Waals surface area contributed by atoms with Crippen molar-refractivity contribution in [3.05, 3.63) is 53.3 Å². The number of nitrogens with one attached hydrogen (secondary N) is 1. The molecule has 3 rings (SSSR count). The van der Waals surface area contributed by atoms with Crippen LogP contribution in [-0.2, 0) is 0 Å². The fourth-order valence-corrected chi connectivity index (χ4v) is 2.80. The highest BCUT2D eigenvalue weighted by Gasteiger charge is 2.11. The SMILES string of the molecule is CCCC(N)c1nc2ccc(-c3ccc(C#N)c(C)c3)cc2[nH]1. The monoisotopic (exact) mass is 304 g/mol. The third-order valence-corrected chi connectivity index (χ3v) is 4.13. The first-order valence-electron chi connectivity index (χ1n) is 7.88. The zero-order valence-electron chi connectivity index (χ0n) is 13.4. The van der Waals surface area contributed by atoms with Crippen molar-refractivity contribution in [2.45, 2.75) is 32.7 Å². The second-order valence-corrected chi connectivity index (χ2v) is 5.89. The molecule has 4 nitrogen and oxygen atoms in total. The van der Waals surface area contributed by atoms with Gasteiger partial charge in [-0.25, -0.2) is 4.98 Å². The molecule has 0 radical (unpaired) electrons. The van der Waals surface area contributed by atoms with E-state index >= 15 is 0 Å². The maximum Gasteiger partial charge on any atom is 0.124 e. The standard InChI is InChI=1S/C19H20N4/c1-3-4-16(21)19-22-17-8-7-14(10-18(17)23-19)13-5-6-15(11-20)12(2)9-13/h5-10,16H,3-4,21H2,1-2H3,(H,22,23).